The summed E-state index contributed by atoms with van der Waals surface area (Å²) in [5.74, 6) is 1.67. The quantitative estimate of drug-likeness (QED) is 0.855. The summed E-state index contributed by atoms with van der Waals surface area (Å²) in [6.07, 6.45) is 5.26. The molecule has 3 atom stereocenters. The van der Waals surface area contributed by atoms with Crippen molar-refractivity contribution in [1.82, 2.24) is 5.32 Å². The lowest BCUT2D eigenvalue weighted by Gasteiger charge is -2.64. The van der Waals surface area contributed by atoms with Gasteiger partial charge in [-0.3, -0.25) is 0 Å². The first-order valence-corrected chi connectivity index (χ1v) is 8.09. The molecule has 1 heteroatoms. The first kappa shape index (κ1) is 13.2. The lowest BCUT2D eigenvalue weighted by molar-refractivity contribution is -0.0573. The Morgan fingerprint density at radius 1 is 1.16 bits per heavy atom. The monoisotopic (exact) mass is 257 g/mol. The molecule has 2 aliphatic rings. The largest absolute Gasteiger partial charge is 0.313 e. The van der Waals surface area contributed by atoms with Crippen LogP contribution in [0.25, 0.3) is 0 Å². The molecule has 1 aromatic carbocycles. The molecule has 1 saturated carbocycles. The number of rotatable bonds is 4. The molecule has 0 aromatic heterocycles. The van der Waals surface area contributed by atoms with Crippen LogP contribution in [0.4, 0.5) is 0 Å². The van der Waals surface area contributed by atoms with Crippen molar-refractivity contribution in [2.75, 3.05) is 6.54 Å². The van der Waals surface area contributed by atoms with E-state index in [-0.39, 0.29) is 0 Å². The van der Waals surface area contributed by atoms with Crippen LogP contribution < -0.4 is 5.32 Å². The van der Waals surface area contributed by atoms with Gasteiger partial charge in [0.2, 0.25) is 0 Å². The lowest BCUT2D eigenvalue weighted by atomic mass is 9.43. The van der Waals surface area contributed by atoms with Crippen LogP contribution >= 0.6 is 0 Å². The van der Waals surface area contributed by atoms with Crippen LogP contribution in [0.1, 0.15) is 57.1 Å². The second-order valence-electron chi connectivity index (χ2n) is 6.35. The van der Waals surface area contributed by atoms with Crippen molar-refractivity contribution in [2.24, 2.45) is 11.3 Å². The van der Waals surface area contributed by atoms with Crippen LogP contribution in [0.15, 0.2) is 24.3 Å². The minimum absolute atomic E-state index is 0.497. The summed E-state index contributed by atoms with van der Waals surface area (Å²) in [4.78, 5) is 0. The van der Waals surface area contributed by atoms with Crippen molar-refractivity contribution in [1.29, 1.82) is 0 Å². The van der Waals surface area contributed by atoms with Gasteiger partial charge in [0.25, 0.3) is 0 Å². The molecule has 2 aliphatic carbocycles. The molecule has 0 saturated heterocycles. The molecule has 3 rings (SSSR count). The summed E-state index contributed by atoms with van der Waals surface area (Å²) < 4.78 is 0. The molecule has 1 aromatic rings. The van der Waals surface area contributed by atoms with E-state index in [1.165, 1.54) is 25.7 Å². The smallest absolute Gasteiger partial charge is 0.0164 e. The zero-order valence-electron chi connectivity index (χ0n) is 12.6. The summed E-state index contributed by atoms with van der Waals surface area (Å²) in [5, 5.41) is 3.80. The maximum absolute atomic E-state index is 3.80. The lowest BCUT2D eigenvalue weighted by Crippen LogP contribution is -2.65. The fraction of sp³-hybridized carbons (Fsp3) is 0.667. The Kier molecular flexibility index (Phi) is 3.42. The van der Waals surface area contributed by atoms with Crippen LogP contribution in [0, 0.1) is 11.3 Å². The van der Waals surface area contributed by atoms with Crippen LogP contribution in [0.5, 0.6) is 0 Å². The Bertz CT molecular complexity index is 447. The average Bonchev–Trinajstić information content (AvgIpc) is 2.46. The highest BCUT2D eigenvalue weighted by Crippen LogP contribution is 2.64. The molecule has 104 valence electrons. The van der Waals surface area contributed by atoms with Gasteiger partial charge in [0.05, 0.1) is 0 Å². The molecule has 0 radical (unpaired) electrons. The molecule has 3 unspecified atom stereocenters. The maximum atomic E-state index is 3.80. The van der Waals surface area contributed by atoms with Gasteiger partial charge < -0.3 is 5.32 Å². The van der Waals surface area contributed by atoms with E-state index in [0.717, 1.165) is 24.4 Å². The van der Waals surface area contributed by atoms with Crippen molar-refractivity contribution in [3.05, 3.63) is 35.4 Å². The van der Waals surface area contributed by atoms with E-state index in [2.05, 4.69) is 50.4 Å². The summed E-state index contributed by atoms with van der Waals surface area (Å²) in [6.45, 7) is 8.14. The zero-order valence-corrected chi connectivity index (χ0v) is 12.6. The predicted octanol–water partition coefficient (Wildman–Crippen LogP) is 4.13. The SMILES string of the molecule is CCNC1C2CCc3ccccc3C2C1(CC)CC. The van der Waals surface area contributed by atoms with E-state index in [9.17, 15) is 0 Å². The Morgan fingerprint density at radius 3 is 2.58 bits per heavy atom. The number of nitrogens with one attached hydrogen (secondary N) is 1. The van der Waals surface area contributed by atoms with E-state index in [1.807, 2.05) is 0 Å². The molecule has 0 aliphatic heterocycles. The van der Waals surface area contributed by atoms with E-state index in [4.69, 9.17) is 0 Å². The van der Waals surface area contributed by atoms with Gasteiger partial charge >= 0.3 is 0 Å². The van der Waals surface area contributed by atoms with Gasteiger partial charge in [-0.1, -0.05) is 45.0 Å². The zero-order chi connectivity index (χ0) is 13.5. The van der Waals surface area contributed by atoms with Gasteiger partial charge in [0.1, 0.15) is 0 Å². The highest BCUT2D eigenvalue weighted by atomic mass is 15.0. The van der Waals surface area contributed by atoms with Crippen molar-refractivity contribution in [3.8, 4) is 0 Å². The van der Waals surface area contributed by atoms with Gasteiger partial charge in [0.15, 0.2) is 0 Å². The standard InChI is InChI=1S/C18H27N/c1-4-18(5-2)16-14-10-8-7-9-13(14)11-12-15(16)17(18)19-6-3/h7-10,15-17,19H,4-6,11-12H2,1-3H3. The minimum atomic E-state index is 0.497. The topological polar surface area (TPSA) is 12.0 Å². The molecule has 1 N–H and O–H groups in total. The summed E-state index contributed by atoms with van der Waals surface area (Å²) in [6, 6.07) is 9.93. The Hall–Kier alpha value is -0.820. The molecule has 1 fully saturated rings. The normalized spacial score (nSPS) is 31.2. The van der Waals surface area contributed by atoms with Gasteiger partial charge in [-0.15, -0.1) is 0 Å². The summed E-state index contributed by atoms with van der Waals surface area (Å²) >= 11 is 0. The molecule has 0 bridgehead atoms. The van der Waals surface area contributed by atoms with E-state index < -0.39 is 0 Å². The number of aryl methyl sites for hydroxylation is 1. The molecule has 0 amide bonds. The highest BCUT2D eigenvalue weighted by Gasteiger charge is 2.60. The minimum Gasteiger partial charge on any atom is -0.313 e. The van der Waals surface area contributed by atoms with Gasteiger partial charge in [-0.05, 0) is 60.6 Å². The molecule has 1 nitrogen and oxygen atoms in total. The van der Waals surface area contributed by atoms with E-state index in [1.54, 1.807) is 11.1 Å². The van der Waals surface area contributed by atoms with Crippen molar-refractivity contribution in [2.45, 2.75) is 58.4 Å². The first-order chi connectivity index (χ1) is 9.28. The number of hydrogen-bond donors (Lipinski definition) is 1. The second-order valence-corrected chi connectivity index (χ2v) is 6.35. The number of hydrogen-bond acceptors (Lipinski definition) is 1. The van der Waals surface area contributed by atoms with Crippen LogP contribution in [0.3, 0.4) is 0 Å². The van der Waals surface area contributed by atoms with E-state index in [0.29, 0.717) is 5.41 Å². The first-order valence-electron chi connectivity index (χ1n) is 8.09. The third-order valence-corrected chi connectivity index (χ3v) is 5.97. The van der Waals surface area contributed by atoms with Gasteiger partial charge in [-0.2, -0.15) is 0 Å². The van der Waals surface area contributed by atoms with Crippen LogP contribution in [-0.4, -0.2) is 12.6 Å². The molecular weight excluding hydrogens is 230 g/mol. The molecule has 0 heterocycles. The van der Waals surface area contributed by atoms with Crippen molar-refractivity contribution < 1.29 is 0 Å². The Labute approximate surface area is 117 Å². The van der Waals surface area contributed by atoms with Crippen LogP contribution in [-0.2, 0) is 6.42 Å². The van der Waals surface area contributed by atoms with E-state index >= 15 is 0 Å². The van der Waals surface area contributed by atoms with Crippen LogP contribution in [0.2, 0.25) is 0 Å². The Morgan fingerprint density at radius 2 is 1.89 bits per heavy atom. The number of benzene rings is 1. The third kappa shape index (κ3) is 1.71. The predicted molar refractivity (Wildman–Crippen MR) is 81.5 cm³/mol. The third-order valence-electron chi connectivity index (χ3n) is 5.97. The Balaban J connectivity index is 2.00. The fourth-order valence-corrected chi connectivity index (χ4v) is 5.09. The molecule has 0 spiro atoms. The maximum Gasteiger partial charge on any atom is 0.0164 e. The second kappa shape index (κ2) is 4.94. The number of fused-ring (bicyclic) bond motifs is 3. The highest BCUT2D eigenvalue weighted by molar-refractivity contribution is 5.40. The average molecular weight is 257 g/mol. The summed E-state index contributed by atoms with van der Waals surface area (Å²) in [7, 11) is 0. The van der Waals surface area contributed by atoms with Gasteiger partial charge in [-0.25, -0.2) is 0 Å². The van der Waals surface area contributed by atoms with Crippen molar-refractivity contribution in [3.63, 3.8) is 0 Å². The van der Waals surface area contributed by atoms with Crippen molar-refractivity contribution >= 4 is 0 Å². The molecule has 19 heavy (non-hydrogen) atoms. The van der Waals surface area contributed by atoms with Gasteiger partial charge in [0, 0.05) is 6.04 Å². The molecular formula is C18H27N. The summed E-state index contributed by atoms with van der Waals surface area (Å²) in [5.41, 5.74) is 3.78. The fourth-order valence-electron chi connectivity index (χ4n) is 5.09.